The van der Waals surface area contributed by atoms with E-state index < -0.39 is 0 Å². The van der Waals surface area contributed by atoms with E-state index in [1.807, 2.05) is 0 Å². The Morgan fingerprint density at radius 1 is 1.75 bits per heavy atom. The molecule has 0 radical (unpaired) electrons. The fraction of sp³-hybridized carbons (Fsp3) is 0.714. The zero-order valence-electron chi connectivity index (χ0n) is 5.65. The highest BCUT2D eigenvalue weighted by Gasteiger charge is 1.99. The van der Waals surface area contributed by atoms with Crippen molar-refractivity contribution in [2.75, 3.05) is 6.61 Å². The minimum atomic E-state index is 0.134. The van der Waals surface area contributed by atoms with Crippen LogP contribution in [0.4, 0.5) is 0 Å². The Hall–Kier alpha value is -0.300. The summed E-state index contributed by atoms with van der Waals surface area (Å²) in [6.07, 6.45) is 1.07. The van der Waals surface area contributed by atoms with Crippen LogP contribution in [0.5, 0.6) is 0 Å². The van der Waals surface area contributed by atoms with Gasteiger partial charge in [0.15, 0.2) is 0 Å². The first kappa shape index (κ1) is 7.70. The molecule has 0 aromatic rings. The van der Waals surface area contributed by atoms with Crippen LogP contribution in [0.15, 0.2) is 12.2 Å². The second kappa shape index (κ2) is 3.67. The van der Waals surface area contributed by atoms with E-state index in [2.05, 4.69) is 20.4 Å². The van der Waals surface area contributed by atoms with Gasteiger partial charge >= 0.3 is 0 Å². The summed E-state index contributed by atoms with van der Waals surface area (Å²) >= 11 is 0. The van der Waals surface area contributed by atoms with Gasteiger partial charge in [0, 0.05) is 0 Å². The van der Waals surface area contributed by atoms with Crippen molar-refractivity contribution in [1.29, 1.82) is 0 Å². The Labute approximate surface area is 51.0 Å². The highest BCUT2D eigenvalue weighted by Crippen LogP contribution is 2.09. The minimum Gasteiger partial charge on any atom is -0.392 e. The number of aliphatic hydroxyl groups excluding tert-OH is 1. The van der Waals surface area contributed by atoms with Crippen LogP contribution in [0.3, 0.4) is 0 Å². The zero-order valence-corrected chi connectivity index (χ0v) is 5.65. The molecule has 0 bridgehead atoms. The third-order valence-corrected chi connectivity index (χ3v) is 1.51. The lowest BCUT2D eigenvalue weighted by Gasteiger charge is -2.07. The van der Waals surface area contributed by atoms with Crippen LogP contribution in [-0.4, -0.2) is 11.7 Å². The van der Waals surface area contributed by atoms with Crippen LogP contribution in [0, 0.1) is 5.92 Å². The summed E-state index contributed by atoms with van der Waals surface area (Å²) in [5.41, 5.74) is 0.938. The van der Waals surface area contributed by atoms with Crippen molar-refractivity contribution in [3.05, 3.63) is 12.2 Å². The van der Waals surface area contributed by atoms with Gasteiger partial charge in [-0.3, -0.25) is 0 Å². The molecule has 1 heteroatoms. The van der Waals surface area contributed by atoms with Crippen LogP contribution in [0.2, 0.25) is 0 Å². The van der Waals surface area contributed by atoms with E-state index in [4.69, 9.17) is 5.11 Å². The van der Waals surface area contributed by atoms with Gasteiger partial charge in [0.05, 0.1) is 6.61 Å². The predicted octanol–water partition coefficient (Wildman–Crippen LogP) is 1.58. The summed E-state index contributed by atoms with van der Waals surface area (Å²) in [6.45, 7) is 7.98. The summed E-state index contributed by atoms with van der Waals surface area (Å²) in [7, 11) is 0. The Bertz CT molecular complexity index is 76.5. The Morgan fingerprint density at radius 2 is 2.25 bits per heavy atom. The monoisotopic (exact) mass is 114 g/mol. The number of aliphatic hydroxyl groups is 1. The highest BCUT2D eigenvalue weighted by molar-refractivity contribution is 4.97. The molecule has 0 aliphatic carbocycles. The fourth-order valence-corrected chi connectivity index (χ4v) is 0.445. The lowest BCUT2D eigenvalue weighted by Crippen LogP contribution is -1.99. The second-order valence-corrected chi connectivity index (χ2v) is 2.13. The van der Waals surface area contributed by atoms with E-state index in [-0.39, 0.29) is 6.61 Å². The molecule has 0 aromatic carbocycles. The van der Waals surface area contributed by atoms with Gasteiger partial charge in [0.1, 0.15) is 0 Å². The molecule has 0 amide bonds. The maximum Gasteiger partial charge on any atom is 0.0641 e. The lowest BCUT2D eigenvalue weighted by atomic mass is 10.0. The largest absolute Gasteiger partial charge is 0.392 e. The zero-order chi connectivity index (χ0) is 6.57. The molecule has 0 saturated heterocycles. The van der Waals surface area contributed by atoms with Gasteiger partial charge < -0.3 is 5.11 Å². The molecule has 0 fully saturated rings. The number of hydrogen-bond donors (Lipinski definition) is 1. The van der Waals surface area contributed by atoms with E-state index in [1.54, 1.807) is 0 Å². The van der Waals surface area contributed by atoms with Crippen molar-refractivity contribution in [2.24, 2.45) is 5.92 Å². The third kappa shape index (κ3) is 2.12. The Balaban J connectivity index is 3.46. The topological polar surface area (TPSA) is 20.2 Å². The van der Waals surface area contributed by atoms with Gasteiger partial charge in [-0.2, -0.15) is 0 Å². The van der Waals surface area contributed by atoms with E-state index >= 15 is 0 Å². The maximum atomic E-state index is 8.54. The highest BCUT2D eigenvalue weighted by atomic mass is 16.3. The molecule has 1 atom stereocenters. The lowest BCUT2D eigenvalue weighted by molar-refractivity contribution is 0.315. The van der Waals surface area contributed by atoms with E-state index in [0.717, 1.165) is 12.0 Å². The van der Waals surface area contributed by atoms with Crippen molar-refractivity contribution >= 4 is 0 Å². The molecular formula is C7H14O. The molecule has 0 saturated carbocycles. The molecule has 0 spiro atoms. The summed E-state index contributed by atoms with van der Waals surface area (Å²) in [5, 5.41) is 8.54. The van der Waals surface area contributed by atoms with E-state index in [9.17, 15) is 0 Å². The molecule has 1 N–H and O–H groups in total. The van der Waals surface area contributed by atoms with E-state index in [1.165, 1.54) is 0 Å². The standard InChI is InChI=1S/C7H14O/c1-4-6(2)7(3)5-8/h6,8H,3-5H2,1-2H3/t6-/m0/s1. The molecule has 0 rings (SSSR count). The third-order valence-electron chi connectivity index (χ3n) is 1.51. The summed E-state index contributed by atoms with van der Waals surface area (Å²) in [4.78, 5) is 0. The van der Waals surface area contributed by atoms with Crippen LogP contribution >= 0.6 is 0 Å². The van der Waals surface area contributed by atoms with Crippen molar-refractivity contribution in [1.82, 2.24) is 0 Å². The molecular weight excluding hydrogens is 100 g/mol. The van der Waals surface area contributed by atoms with Gasteiger partial charge in [0.2, 0.25) is 0 Å². The van der Waals surface area contributed by atoms with E-state index in [0.29, 0.717) is 5.92 Å². The van der Waals surface area contributed by atoms with Crippen LogP contribution < -0.4 is 0 Å². The first-order valence-corrected chi connectivity index (χ1v) is 3.00. The summed E-state index contributed by atoms with van der Waals surface area (Å²) in [6, 6.07) is 0. The van der Waals surface area contributed by atoms with Crippen LogP contribution in [-0.2, 0) is 0 Å². The normalized spacial score (nSPS) is 13.4. The van der Waals surface area contributed by atoms with Gasteiger partial charge in [-0.25, -0.2) is 0 Å². The first-order valence-electron chi connectivity index (χ1n) is 3.00. The van der Waals surface area contributed by atoms with Crippen molar-refractivity contribution < 1.29 is 5.11 Å². The van der Waals surface area contributed by atoms with Gasteiger partial charge in [-0.05, 0) is 17.9 Å². The molecule has 1 nitrogen and oxygen atoms in total. The molecule has 0 unspecified atom stereocenters. The van der Waals surface area contributed by atoms with Gasteiger partial charge in [-0.1, -0.05) is 20.4 Å². The van der Waals surface area contributed by atoms with Crippen molar-refractivity contribution in [3.63, 3.8) is 0 Å². The average molecular weight is 114 g/mol. The SMILES string of the molecule is C=C(CO)[C@@H](C)CC. The Kier molecular flexibility index (Phi) is 3.53. The Morgan fingerprint density at radius 3 is 2.38 bits per heavy atom. The van der Waals surface area contributed by atoms with Crippen molar-refractivity contribution in [3.8, 4) is 0 Å². The second-order valence-electron chi connectivity index (χ2n) is 2.13. The summed E-state index contributed by atoms with van der Waals surface area (Å²) in [5.74, 6) is 0.472. The maximum absolute atomic E-state index is 8.54. The molecule has 0 aliphatic heterocycles. The predicted molar refractivity (Wildman–Crippen MR) is 35.7 cm³/mol. The van der Waals surface area contributed by atoms with Crippen molar-refractivity contribution in [2.45, 2.75) is 20.3 Å². The molecule has 0 heterocycles. The molecule has 0 aromatic heterocycles. The quantitative estimate of drug-likeness (QED) is 0.552. The first-order chi connectivity index (χ1) is 3.72. The molecule has 8 heavy (non-hydrogen) atoms. The average Bonchev–Trinajstić information content (AvgIpc) is 1.84. The number of hydrogen-bond acceptors (Lipinski definition) is 1. The van der Waals surface area contributed by atoms with Crippen LogP contribution in [0.1, 0.15) is 20.3 Å². The van der Waals surface area contributed by atoms with Crippen LogP contribution in [0.25, 0.3) is 0 Å². The minimum absolute atomic E-state index is 0.134. The van der Waals surface area contributed by atoms with Gasteiger partial charge in [-0.15, -0.1) is 0 Å². The number of rotatable bonds is 3. The summed E-state index contributed by atoms with van der Waals surface area (Å²) < 4.78 is 0. The van der Waals surface area contributed by atoms with Gasteiger partial charge in [0.25, 0.3) is 0 Å². The smallest absolute Gasteiger partial charge is 0.0641 e. The fourth-order valence-electron chi connectivity index (χ4n) is 0.445. The molecule has 0 aliphatic rings. The molecule has 48 valence electrons.